The van der Waals surface area contributed by atoms with E-state index < -0.39 is 0 Å². The van der Waals surface area contributed by atoms with Crippen LogP contribution in [0.1, 0.15) is 0 Å². The van der Waals surface area contributed by atoms with Crippen LogP contribution in [0.4, 0.5) is 5.69 Å². The van der Waals surface area contributed by atoms with Crippen molar-refractivity contribution in [3.63, 3.8) is 0 Å². The van der Waals surface area contributed by atoms with Crippen molar-refractivity contribution in [1.29, 1.82) is 0 Å². The van der Waals surface area contributed by atoms with Crippen LogP contribution >= 0.6 is 11.8 Å². The van der Waals surface area contributed by atoms with Crippen LogP contribution in [0.3, 0.4) is 0 Å². The molecule has 0 aliphatic heterocycles. The summed E-state index contributed by atoms with van der Waals surface area (Å²) in [5, 5.41) is 7.88. The van der Waals surface area contributed by atoms with Crippen molar-refractivity contribution in [2.45, 2.75) is 4.90 Å². The van der Waals surface area contributed by atoms with Gasteiger partial charge in [-0.1, -0.05) is 0 Å². The average molecular weight is 179 g/mol. The van der Waals surface area contributed by atoms with Crippen molar-refractivity contribution in [2.24, 2.45) is 0 Å². The number of nitrogens with two attached hydrogens (primary N) is 1. The monoisotopic (exact) mass is 179 g/mol. The molecule has 1 aromatic heterocycles. The number of fused-ring (bicyclic) bond motifs is 1. The van der Waals surface area contributed by atoms with Gasteiger partial charge in [-0.15, -0.1) is 11.8 Å². The Hall–Kier alpha value is -1.16. The largest absolute Gasteiger partial charge is 0.398 e. The summed E-state index contributed by atoms with van der Waals surface area (Å²) < 4.78 is 0. The number of nitrogen functional groups attached to an aromatic ring is 1. The average Bonchev–Trinajstić information content (AvgIpc) is 2.54. The lowest BCUT2D eigenvalue weighted by atomic mass is 10.2. The number of aromatic amines is 1. The van der Waals surface area contributed by atoms with Gasteiger partial charge in [0.05, 0.1) is 11.7 Å². The highest BCUT2D eigenvalue weighted by Crippen LogP contribution is 2.27. The number of hydrogen-bond donors (Lipinski definition) is 2. The van der Waals surface area contributed by atoms with Crippen molar-refractivity contribution >= 4 is 28.4 Å². The van der Waals surface area contributed by atoms with Crippen LogP contribution in [-0.4, -0.2) is 16.5 Å². The molecule has 0 fully saturated rings. The number of benzene rings is 1. The molecule has 0 saturated carbocycles. The molecule has 0 atom stereocenters. The molecule has 4 heteroatoms. The summed E-state index contributed by atoms with van der Waals surface area (Å²) in [4.78, 5) is 1.18. The Morgan fingerprint density at radius 3 is 3.08 bits per heavy atom. The summed E-state index contributed by atoms with van der Waals surface area (Å²) in [5.74, 6) is 0. The number of H-pyrrole nitrogens is 1. The summed E-state index contributed by atoms with van der Waals surface area (Å²) in [6.45, 7) is 0. The molecule has 0 radical (unpaired) electrons. The van der Waals surface area contributed by atoms with Crippen LogP contribution in [-0.2, 0) is 0 Å². The fraction of sp³-hybridized carbons (Fsp3) is 0.125. The molecule has 1 aromatic carbocycles. The van der Waals surface area contributed by atoms with E-state index in [4.69, 9.17) is 5.73 Å². The molecule has 1 heterocycles. The summed E-state index contributed by atoms with van der Waals surface area (Å²) in [7, 11) is 0. The summed E-state index contributed by atoms with van der Waals surface area (Å²) in [5.41, 5.74) is 7.56. The number of nitrogens with zero attached hydrogens (tertiary/aromatic N) is 1. The third-order valence-corrected chi connectivity index (χ3v) is 2.61. The second-order valence-corrected chi connectivity index (χ2v) is 3.36. The number of anilines is 1. The number of thioether (sulfide) groups is 1. The molecule has 0 aliphatic carbocycles. The molecule has 3 nitrogen and oxygen atoms in total. The molecule has 2 aromatic rings. The van der Waals surface area contributed by atoms with Gasteiger partial charge in [0.1, 0.15) is 0 Å². The highest BCUT2D eigenvalue weighted by Gasteiger charge is 2.03. The zero-order valence-corrected chi connectivity index (χ0v) is 7.48. The molecule has 62 valence electrons. The first-order valence-electron chi connectivity index (χ1n) is 3.58. The van der Waals surface area contributed by atoms with Crippen molar-refractivity contribution in [3.8, 4) is 0 Å². The maximum atomic E-state index is 5.75. The first-order valence-corrected chi connectivity index (χ1v) is 4.81. The molecule has 0 unspecified atom stereocenters. The number of hydrogen-bond acceptors (Lipinski definition) is 3. The van der Waals surface area contributed by atoms with Crippen molar-refractivity contribution < 1.29 is 0 Å². The van der Waals surface area contributed by atoms with Gasteiger partial charge in [-0.2, -0.15) is 5.10 Å². The second-order valence-electron chi connectivity index (χ2n) is 2.52. The lowest BCUT2D eigenvalue weighted by molar-refractivity contribution is 1.11. The lowest BCUT2D eigenvalue weighted by Gasteiger charge is -1.99. The van der Waals surface area contributed by atoms with Crippen LogP contribution in [0.2, 0.25) is 0 Å². The lowest BCUT2D eigenvalue weighted by Crippen LogP contribution is -1.85. The van der Waals surface area contributed by atoms with Gasteiger partial charge in [-0.3, -0.25) is 5.10 Å². The Morgan fingerprint density at radius 1 is 1.50 bits per heavy atom. The highest BCUT2D eigenvalue weighted by atomic mass is 32.2. The minimum absolute atomic E-state index is 0.775. The van der Waals surface area contributed by atoms with Gasteiger partial charge in [0.25, 0.3) is 0 Å². The van der Waals surface area contributed by atoms with Crippen molar-refractivity contribution in [2.75, 3.05) is 12.0 Å². The van der Waals surface area contributed by atoms with E-state index in [1.807, 2.05) is 18.4 Å². The summed E-state index contributed by atoms with van der Waals surface area (Å²) in [6.07, 6.45) is 3.79. The van der Waals surface area contributed by atoms with E-state index >= 15 is 0 Å². The zero-order valence-electron chi connectivity index (χ0n) is 6.66. The van der Waals surface area contributed by atoms with Crippen LogP contribution in [0.15, 0.2) is 23.2 Å². The van der Waals surface area contributed by atoms with E-state index in [-0.39, 0.29) is 0 Å². The normalized spacial score (nSPS) is 10.8. The smallest absolute Gasteiger partial charge is 0.0806 e. The molecule has 0 saturated heterocycles. The fourth-order valence-electron chi connectivity index (χ4n) is 1.20. The molecule has 0 bridgehead atoms. The number of rotatable bonds is 1. The predicted octanol–water partition coefficient (Wildman–Crippen LogP) is 1.87. The van der Waals surface area contributed by atoms with E-state index in [0.29, 0.717) is 0 Å². The fourth-order valence-corrected chi connectivity index (χ4v) is 1.77. The topological polar surface area (TPSA) is 54.7 Å². The first kappa shape index (κ1) is 7.49. The molecule has 0 amide bonds. The van der Waals surface area contributed by atoms with Gasteiger partial charge in [0.2, 0.25) is 0 Å². The Balaban J connectivity index is 2.82. The number of nitrogens with one attached hydrogen (secondary N) is 1. The summed E-state index contributed by atoms with van der Waals surface area (Å²) in [6, 6.07) is 3.91. The van der Waals surface area contributed by atoms with Crippen molar-refractivity contribution in [3.05, 3.63) is 18.3 Å². The second kappa shape index (κ2) is 2.71. The van der Waals surface area contributed by atoms with E-state index in [0.717, 1.165) is 16.6 Å². The molecule has 0 aliphatic rings. The first-order chi connectivity index (χ1) is 5.83. The Bertz CT molecular complexity index is 408. The maximum Gasteiger partial charge on any atom is 0.0806 e. The molecule has 12 heavy (non-hydrogen) atoms. The van der Waals surface area contributed by atoms with Crippen LogP contribution in [0.5, 0.6) is 0 Å². The van der Waals surface area contributed by atoms with Gasteiger partial charge < -0.3 is 5.73 Å². The molecule has 0 spiro atoms. The van der Waals surface area contributed by atoms with Gasteiger partial charge in [-0.25, -0.2) is 0 Å². The third kappa shape index (κ3) is 0.956. The van der Waals surface area contributed by atoms with Gasteiger partial charge in [0.15, 0.2) is 0 Å². The van der Waals surface area contributed by atoms with E-state index in [1.165, 1.54) is 4.90 Å². The maximum absolute atomic E-state index is 5.75. The quantitative estimate of drug-likeness (QED) is 0.519. The van der Waals surface area contributed by atoms with Gasteiger partial charge >= 0.3 is 0 Å². The van der Waals surface area contributed by atoms with E-state index in [1.54, 1.807) is 18.0 Å². The van der Waals surface area contributed by atoms with Crippen LogP contribution in [0.25, 0.3) is 10.9 Å². The Kier molecular flexibility index (Phi) is 1.69. The Morgan fingerprint density at radius 2 is 2.33 bits per heavy atom. The Labute approximate surface area is 74.3 Å². The standard InChI is InChI=1S/C8H9N3S/c1-12-7-3-2-6(9)5-4-10-11-8(5)7/h2-4H,9H2,1H3,(H,10,11). The summed E-state index contributed by atoms with van der Waals surface area (Å²) >= 11 is 1.68. The molecular formula is C8H9N3S. The molecule has 3 N–H and O–H groups in total. The number of aromatic nitrogens is 2. The van der Waals surface area contributed by atoms with Gasteiger partial charge in [-0.05, 0) is 18.4 Å². The predicted molar refractivity (Wildman–Crippen MR) is 52.3 cm³/mol. The zero-order chi connectivity index (χ0) is 8.55. The SMILES string of the molecule is CSc1ccc(N)c2cn[nH]c12. The van der Waals surface area contributed by atoms with Crippen LogP contribution in [0, 0.1) is 0 Å². The van der Waals surface area contributed by atoms with Gasteiger partial charge in [0, 0.05) is 16.0 Å². The van der Waals surface area contributed by atoms with Crippen molar-refractivity contribution in [1.82, 2.24) is 10.2 Å². The van der Waals surface area contributed by atoms with E-state index in [2.05, 4.69) is 10.2 Å². The minimum atomic E-state index is 0.775. The molecule has 2 rings (SSSR count). The highest BCUT2D eigenvalue weighted by molar-refractivity contribution is 7.98. The van der Waals surface area contributed by atoms with E-state index in [9.17, 15) is 0 Å². The minimum Gasteiger partial charge on any atom is -0.398 e. The third-order valence-electron chi connectivity index (χ3n) is 1.83. The molecular weight excluding hydrogens is 170 g/mol. The van der Waals surface area contributed by atoms with Crippen LogP contribution < -0.4 is 5.73 Å².